The van der Waals surface area contributed by atoms with E-state index in [1.807, 2.05) is 0 Å². The van der Waals surface area contributed by atoms with Gasteiger partial charge in [-0.15, -0.1) is 0 Å². The predicted molar refractivity (Wildman–Crippen MR) is 90.9 cm³/mol. The van der Waals surface area contributed by atoms with Crippen LogP contribution in [0.1, 0.15) is 40.4 Å². The first-order valence-electron chi connectivity index (χ1n) is 8.00. The first kappa shape index (κ1) is 16.8. The van der Waals surface area contributed by atoms with Gasteiger partial charge < -0.3 is 19.8 Å². The Balaban J connectivity index is 2.16. The number of amides is 1. The Labute approximate surface area is 145 Å². The number of hydrogen-bond donors (Lipinski definition) is 2. The molecule has 0 aromatic heterocycles. The van der Waals surface area contributed by atoms with Crippen molar-refractivity contribution in [3.8, 4) is 11.5 Å². The number of phenolic OH excluding ortho intramolecular Hbond substituents is 1. The van der Waals surface area contributed by atoms with Crippen molar-refractivity contribution in [1.29, 1.82) is 0 Å². The van der Waals surface area contributed by atoms with Gasteiger partial charge in [0.1, 0.15) is 5.92 Å². The average Bonchev–Trinajstić information content (AvgIpc) is 2.60. The normalized spacial score (nSPS) is 19.4. The molecule has 3 rings (SSSR count). The number of benzene rings is 2. The monoisotopic (exact) mass is 341 g/mol. The summed E-state index contributed by atoms with van der Waals surface area (Å²) in [5, 5.41) is 19.7. The maximum Gasteiger partial charge on any atom is 0.313 e. The highest BCUT2D eigenvalue weighted by atomic mass is 16.5. The van der Waals surface area contributed by atoms with Crippen LogP contribution < -0.4 is 4.74 Å². The van der Waals surface area contributed by atoms with E-state index >= 15 is 0 Å². The minimum absolute atomic E-state index is 0.0253. The van der Waals surface area contributed by atoms with Crippen LogP contribution in [-0.2, 0) is 4.79 Å². The summed E-state index contributed by atoms with van der Waals surface area (Å²) in [6.45, 7) is 2.15. The Morgan fingerprint density at radius 1 is 1.24 bits per heavy atom. The van der Waals surface area contributed by atoms with Crippen LogP contribution in [0.15, 0.2) is 42.5 Å². The maximum atomic E-state index is 12.7. The van der Waals surface area contributed by atoms with Gasteiger partial charge in [-0.2, -0.15) is 0 Å². The third-order valence-electron chi connectivity index (χ3n) is 4.47. The Kier molecular flexibility index (Phi) is 4.35. The number of rotatable bonds is 4. The number of carbonyl (C=O) groups excluding carboxylic acids is 1. The highest BCUT2D eigenvalue weighted by molar-refractivity contribution is 6.00. The summed E-state index contributed by atoms with van der Waals surface area (Å²) in [5.74, 6) is -1.91. The number of likely N-dealkylation sites (N-methyl/N-ethyl adjacent to an activating group) is 1. The Bertz CT molecular complexity index is 832. The molecule has 0 saturated carbocycles. The summed E-state index contributed by atoms with van der Waals surface area (Å²) in [4.78, 5) is 26.1. The zero-order valence-corrected chi connectivity index (χ0v) is 14.0. The zero-order chi connectivity index (χ0) is 18.1. The first-order valence-corrected chi connectivity index (χ1v) is 8.00. The first-order chi connectivity index (χ1) is 12.0. The number of nitrogens with zero attached hydrogens (tertiary/aromatic N) is 1. The van der Waals surface area contributed by atoms with Gasteiger partial charge >= 0.3 is 5.97 Å². The number of hydrogen-bond acceptors (Lipinski definition) is 4. The van der Waals surface area contributed by atoms with E-state index in [-0.39, 0.29) is 17.4 Å². The van der Waals surface area contributed by atoms with Crippen LogP contribution in [0.4, 0.5) is 0 Å². The van der Waals surface area contributed by atoms with Gasteiger partial charge in [0.25, 0.3) is 5.91 Å². The third kappa shape index (κ3) is 2.80. The molecule has 0 spiro atoms. The largest absolute Gasteiger partial charge is 0.504 e. The van der Waals surface area contributed by atoms with E-state index in [2.05, 4.69) is 0 Å². The Hall–Kier alpha value is -3.02. The summed E-state index contributed by atoms with van der Waals surface area (Å²) in [7, 11) is 1.59. The molecule has 2 aromatic carbocycles. The van der Waals surface area contributed by atoms with Crippen LogP contribution in [0.5, 0.6) is 11.5 Å². The molecule has 2 atom stereocenters. The molecule has 2 aromatic rings. The molecule has 1 heterocycles. The van der Waals surface area contributed by atoms with Gasteiger partial charge in [0.15, 0.2) is 11.5 Å². The van der Waals surface area contributed by atoms with E-state index in [0.29, 0.717) is 23.3 Å². The SMILES string of the molecule is CCOc1cc([C@@H]2[C@@H](C(=O)O)c3ccccc3C(=O)N2C)ccc1O. The molecule has 0 unspecified atom stereocenters. The van der Waals surface area contributed by atoms with Gasteiger partial charge in [-0.25, -0.2) is 0 Å². The van der Waals surface area contributed by atoms with E-state index in [4.69, 9.17) is 4.74 Å². The molecule has 0 saturated heterocycles. The molecule has 0 aliphatic carbocycles. The van der Waals surface area contributed by atoms with Gasteiger partial charge in [0.05, 0.1) is 12.6 Å². The number of fused-ring (bicyclic) bond motifs is 1. The molecule has 25 heavy (non-hydrogen) atoms. The number of phenols is 1. The molecule has 6 nitrogen and oxygen atoms in total. The van der Waals surface area contributed by atoms with Gasteiger partial charge in [0.2, 0.25) is 0 Å². The molecule has 1 aliphatic heterocycles. The van der Waals surface area contributed by atoms with Gasteiger partial charge in [0, 0.05) is 12.6 Å². The van der Waals surface area contributed by atoms with Crippen molar-refractivity contribution >= 4 is 11.9 Å². The minimum Gasteiger partial charge on any atom is -0.504 e. The van der Waals surface area contributed by atoms with Crippen molar-refractivity contribution in [2.75, 3.05) is 13.7 Å². The summed E-state index contributed by atoms with van der Waals surface area (Å²) in [5.41, 5.74) is 1.49. The summed E-state index contributed by atoms with van der Waals surface area (Å²) < 4.78 is 5.39. The smallest absolute Gasteiger partial charge is 0.313 e. The fourth-order valence-corrected chi connectivity index (χ4v) is 3.34. The zero-order valence-electron chi connectivity index (χ0n) is 14.0. The lowest BCUT2D eigenvalue weighted by atomic mass is 9.80. The lowest BCUT2D eigenvalue weighted by molar-refractivity contribution is -0.140. The van der Waals surface area contributed by atoms with Crippen LogP contribution in [0.2, 0.25) is 0 Å². The van der Waals surface area contributed by atoms with E-state index in [9.17, 15) is 19.8 Å². The van der Waals surface area contributed by atoms with Crippen LogP contribution in [-0.4, -0.2) is 40.6 Å². The second-order valence-electron chi connectivity index (χ2n) is 5.92. The van der Waals surface area contributed by atoms with E-state index in [1.54, 1.807) is 50.4 Å². The van der Waals surface area contributed by atoms with Crippen LogP contribution in [0.3, 0.4) is 0 Å². The number of ether oxygens (including phenoxy) is 1. The number of aliphatic carboxylic acids is 1. The molecular weight excluding hydrogens is 322 g/mol. The van der Waals surface area contributed by atoms with E-state index in [1.165, 1.54) is 11.0 Å². The van der Waals surface area contributed by atoms with E-state index < -0.39 is 17.9 Å². The van der Waals surface area contributed by atoms with Crippen molar-refractivity contribution in [3.63, 3.8) is 0 Å². The molecule has 0 fully saturated rings. The van der Waals surface area contributed by atoms with Gasteiger partial charge in [-0.05, 0) is 36.2 Å². The van der Waals surface area contributed by atoms with Crippen molar-refractivity contribution < 1.29 is 24.5 Å². The molecular formula is C19H19NO5. The quantitative estimate of drug-likeness (QED) is 0.893. The fraction of sp³-hybridized carbons (Fsp3) is 0.263. The standard InChI is InChI=1S/C19H19NO5/c1-3-25-15-10-11(8-9-14(15)21)17-16(19(23)24)12-6-4-5-7-13(12)18(22)20(17)2/h4-10,16-17,21H,3H2,1-2H3,(H,23,24)/t16-,17+/m0/s1. The third-order valence-corrected chi connectivity index (χ3v) is 4.47. The van der Waals surface area contributed by atoms with Crippen molar-refractivity contribution in [3.05, 3.63) is 59.2 Å². The highest BCUT2D eigenvalue weighted by Gasteiger charge is 2.42. The lowest BCUT2D eigenvalue weighted by Gasteiger charge is -2.38. The molecule has 130 valence electrons. The van der Waals surface area contributed by atoms with Crippen LogP contribution >= 0.6 is 0 Å². The number of carbonyl (C=O) groups is 2. The molecule has 0 bridgehead atoms. The second kappa shape index (κ2) is 6.47. The van der Waals surface area contributed by atoms with Crippen LogP contribution in [0.25, 0.3) is 0 Å². The van der Waals surface area contributed by atoms with E-state index in [0.717, 1.165) is 0 Å². The molecule has 1 aliphatic rings. The summed E-state index contributed by atoms with van der Waals surface area (Å²) in [6, 6.07) is 10.7. The highest BCUT2D eigenvalue weighted by Crippen LogP contribution is 2.43. The average molecular weight is 341 g/mol. The number of carboxylic acids is 1. The maximum absolute atomic E-state index is 12.7. The lowest BCUT2D eigenvalue weighted by Crippen LogP contribution is -2.42. The summed E-state index contributed by atoms with van der Waals surface area (Å²) >= 11 is 0. The number of aromatic hydroxyl groups is 1. The number of carboxylic acid groups (broad SMARTS) is 1. The topological polar surface area (TPSA) is 87.1 Å². The van der Waals surface area contributed by atoms with Crippen LogP contribution in [0, 0.1) is 0 Å². The molecule has 2 N–H and O–H groups in total. The molecule has 6 heteroatoms. The Morgan fingerprint density at radius 3 is 2.64 bits per heavy atom. The van der Waals surface area contributed by atoms with Crippen molar-refractivity contribution in [2.24, 2.45) is 0 Å². The minimum atomic E-state index is -1.01. The van der Waals surface area contributed by atoms with Gasteiger partial charge in [-0.3, -0.25) is 9.59 Å². The van der Waals surface area contributed by atoms with Gasteiger partial charge in [-0.1, -0.05) is 24.3 Å². The fourth-order valence-electron chi connectivity index (χ4n) is 3.34. The Morgan fingerprint density at radius 2 is 1.96 bits per heavy atom. The van der Waals surface area contributed by atoms with Crippen molar-refractivity contribution in [2.45, 2.75) is 18.9 Å². The van der Waals surface area contributed by atoms with Crippen molar-refractivity contribution in [1.82, 2.24) is 4.90 Å². The predicted octanol–water partition coefficient (Wildman–Crippen LogP) is 2.79. The molecule has 0 radical (unpaired) electrons. The molecule has 1 amide bonds. The summed E-state index contributed by atoms with van der Waals surface area (Å²) in [6.07, 6.45) is 0. The second-order valence-corrected chi connectivity index (χ2v) is 5.92.